The number of aromatic hydroxyl groups is 1. The number of hydrogen-bond acceptors (Lipinski definition) is 5. The van der Waals surface area contributed by atoms with Crippen molar-refractivity contribution in [1.29, 1.82) is 5.26 Å². The number of carbonyl (C=O) groups is 1. The van der Waals surface area contributed by atoms with E-state index in [2.05, 4.69) is 5.32 Å². The Labute approximate surface area is 146 Å². The Hall–Kier alpha value is -3.30. The number of carbonyl (C=O) groups excluding carboxylic acids is 1. The van der Waals surface area contributed by atoms with Crippen LogP contribution >= 0.6 is 0 Å². The molecule has 0 fully saturated rings. The predicted molar refractivity (Wildman–Crippen MR) is 94.4 cm³/mol. The van der Waals surface area contributed by atoms with Crippen LogP contribution in [-0.2, 0) is 11.3 Å². The molecule has 3 N–H and O–H groups in total. The van der Waals surface area contributed by atoms with Crippen molar-refractivity contribution >= 4 is 11.6 Å². The van der Waals surface area contributed by atoms with Crippen LogP contribution in [0.25, 0.3) is 0 Å². The van der Waals surface area contributed by atoms with Gasteiger partial charge in [0.1, 0.15) is 17.4 Å². The lowest BCUT2D eigenvalue weighted by Crippen LogP contribution is -2.23. The molecule has 0 saturated heterocycles. The van der Waals surface area contributed by atoms with Gasteiger partial charge < -0.3 is 20.4 Å². The van der Waals surface area contributed by atoms with Crippen LogP contribution in [0.5, 0.6) is 5.75 Å². The smallest absolute Gasteiger partial charge is 0.267 e. The van der Waals surface area contributed by atoms with Gasteiger partial charge in [0.2, 0.25) is 0 Å². The van der Waals surface area contributed by atoms with Crippen LogP contribution < -0.4 is 5.32 Å². The Morgan fingerprint density at radius 1 is 1.20 bits per heavy atom. The largest absolute Gasteiger partial charge is 0.508 e. The molecule has 6 nitrogen and oxygen atoms in total. The van der Waals surface area contributed by atoms with Gasteiger partial charge in [-0.2, -0.15) is 5.26 Å². The molecule has 2 aromatic rings. The minimum Gasteiger partial charge on any atom is -0.508 e. The van der Waals surface area contributed by atoms with Crippen LogP contribution in [0.3, 0.4) is 0 Å². The highest BCUT2D eigenvalue weighted by molar-refractivity contribution is 6.06. The average Bonchev–Trinajstić information content (AvgIpc) is 2.60. The van der Waals surface area contributed by atoms with E-state index in [1.807, 2.05) is 36.4 Å². The molecular formula is C19H19N3O3. The summed E-state index contributed by atoms with van der Waals surface area (Å²) in [6.07, 6.45) is 1.43. The molecule has 0 bridgehead atoms. The van der Waals surface area contributed by atoms with Crippen molar-refractivity contribution in [2.24, 2.45) is 0 Å². The maximum Gasteiger partial charge on any atom is 0.267 e. The van der Waals surface area contributed by atoms with Crippen LogP contribution in [0.1, 0.15) is 5.56 Å². The van der Waals surface area contributed by atoms with Crippen LogP contribution in [0, 0.1) is 11.3 Å². The predicted octanol–water partition coefficient (Wildman–Crippen LogP) is 2.23. The second kappa shape index (κ2) is 9.11. The van der Waals surface area contributed by atoms with E-state index in [0.29, 0.717) is 18.8 Å². The van der Waals surface area contributed by atoms with Crippen molar-refractivity contribution in [3.63, 3.8) is 0 Å². The van der Waals surface area contributed by atoms with E-state index < -0.39 is 5.91 Å². The average molecular weight is 337 g/mol. The Morgan fingerprint density at radius 2 is 1.96 bits per heavy atom. The summed E-state index contributed by atoms with van der Waals surface area (Å²) < 4.78 is 0. The van der Waals surface area contributed by atoms with Crippen molar-refractivity contribution < 1.29 is 15.0 Å². The maximum absolute atomic E-state index is 12.3. The van der Waals surface area contributed by atoms with Crippen molar-refractivity contribution in [3.05, 3.63) is 71.9 Å². The molecule has 0 aliphatic heterocycles. The Kier molecular flexibility index (Phi) is 6.57. The van der Waals surface area contributed by atoms with Gasteiger partial charge in [-0.05, 0) is 17.7 Å². The number of phenolic OH excluding ortho intramolecular Hbond substituents is 1. The highest BCUT2D eigenvalue weighted by Crippen LogP contribution is 2.16. The second-order valence-corrected chi connectivity index (χ2v) is 5.34. The highest BCUT2D eigenvalue weighted by atomic mass is 16.3. The Bertz CT molecular complexity index is 782. The van der Waals surface area contributed by atoms with Gasteiger partial charge in [0.05, 0.1) is 6.61 Å². The van der Waals surface area contributed by atoms with E-state index in [9.17, 15) is 20.3 Å². The van der Waals surface area contributed by atoms with Crippen molar-refractivity contribution in [3.8, 4) is 11.8 Å². The minimum absolute atomic E-state index is 0.0197. The fraction of sp³-hybridized carbons (Fsp3) is 0.158. The molecule has 0 saturated carbocycles. The number of aliphatic hydroxyl groups is 1. The first kappa shape index (κ1) is 18.0. The lowest BCUT2D eigenvalue weighted by Gasteiger charge is -2.20. The molecule has 0 aromatic heterocycles. The van der Waals surface area contributed by atoms with Crippen LogP contribution in [-0.4, -0.2) is 34.2 Å². The molecule has 0 heterocycles. The first-order valence-corrected chi connectivity index (χ1v) is 7.73. The third kappa shape index (κ3) is 5.68. The van der Waals surface area contributed by atoms with Gasteiger partial charge in [-0.15, -0.1) is 0 Å². The second-order valence-electron chi connectivity index (χ2n) is 5.34. The number of rotatable bonds is 7. The van der Waals surface area contributed by atoms with Crippen molar-refractivity contribution in [2.45, 2.75) is 6.54 Å². The maximum atomic E-state index is 12.3. The Morgan fingerprint density at radius 3 is 2.60 bits per heavy atom. The topological polar surface area (TPSA) is 96.6 Å². The zero-order chi connectivity index (χ0) is 18.1. The van der Waals surface area contributed by atoms with Gasteiger partial charge in [0, 0.05) is 31.0 Å². The summed E-state index contributed by atoms with van der Waals surface area (Å²) in [6.45, 7) is 0.654. The molecule has 0 radical (unpaired) electrons. The number of anilines is 1. The molecule has 0 aliphatic carbocycles. The molecule has 25 heavy (non-hydrogen) atoms. The third-order valence-electron chi connectivity index (χ3n) is 3.40. The van der Waals surface area contributed by atoms with Crippen molar-refractivity contribution in [2.75, 3.05) is 18.5 Å². The summed E-state index contributed by atoms with van der Waals surface area (Å²) in [7, 11) is 0. The number of benzene rings is 2. The van der Waals surface area contributed by atoms with Gasteiger partial charge in [-0.1, -0.05) is 36.4 Å². The SMILES string of the molecule is N#C/C(=C/N(CCO)Cc1ccccc1)C(=O)Nc1cccc(O)c1. The van der Waals surface area contributed by atoms with Gasteiger partial charge in [-0.3, -0.25) is 4.79 Å². The zero-order valence-corrected chi connectivity index (χ0v) is 13.6. The minimum atomic E-state index is -0.580. The summed E-state index contributed by atoms with van der Waals surface area (Å²) in [5, 5.41) is 30.5. The van der Waals surface area contributed by atoms with Gasteiger partial charge >= 0.3 is 0 Å². The number of nitrogens with one attached hydrogen (secondary N) is 1. The number of hydrogen-bond donors (Lipinski definition) is 3. The normalized spacial score (nSPS) is 10.8. The number of nitrogens with zero attached hydrogens (tertiary/aromatic N) is 2. The molecule has 2 aromatic carbocycles. The molecule has 0 spiro atoms. The summed E-state index contributed by atoms with van der Waals surface area (Å²) >= 11 is 0. The molecule has 128 valence electrons. The number of phenols is 1. The molecular weight excluding hydrogens is 318 g/mol. The monoisotopic (exact) mass is 337 g/mol. The summed E-state index contributed by atoms with van der Waals surface area (Å²) in [4.78, 5) is 14.0. The Balaban J connectivity index is 2.14. The number of nitriles is 1. The number of amides is 1. The zero-order valence-electron chi connectivity index (χ0n) is 13.6. The lowest BCUT2D eigenvalue weighted by molar-refractivity contribution is -0.112. The summed E-state index contributed by atoms with van der Waals surface area (Å²) in [6, 6.07) is 17.5. The van der Waals surface area contributed by atoms with E-state index in [-0.39, 0.29) is 17.9 Å². The molecule has 6 heteroatoms. The molecule has 0 atom stereocenters. The van der Waals surface area contributed by atoms with Crippen LogP contribution in [0.15, 0.2) is 66.4 Å². The first-order chi connectivity index (χ1) is 12.1. The number of aliphatic hydroxyl groups excluding tert-OH is 1. The molecule has 1 amide bonds. The van der Waals surface area contributed by atoms with E-state index >= 15 is 0 Å². The van der Waals surface area contributed by atoms with Gasteiger partial charge in [0.25, 0.3) is 5.91 Å². The van der Waals surface area contributed by atoms with Crippen LogP contribution in [0.2, 0.25) is 0 Å². The fourth-order valence-corrected chi connectivity index (χ4v) is 2.24. The van der Waals surface area contributed by atoms with Crippen molar-refractivity contribution in [1.82, 2.24) is 4.90 Å². The van der Waals surface area contributed by atoms with Gasteiger partial charge in [-0.25, -0.2) is 0 Å². The van der Waals surface area contributed by atoms with E-state index in [1.54, 1.807) is 17.0 Å². The molecule has 0 unspecified atom stereocenters. The summed E-state index contributed by atoms with van der Waals surface area (Å²) in [5.74, 6) is -0.560. The highest BCUT2D eigenvalue weighted by Gasteiger charge is 2.12. The van der Waals surface area contributed by atoms with Crippen LogP contribution in [0.4, 0.5) is 5.69 Å². The lowest BCUT2D eigenvalue weighted by atomic mass is 10.2. The molecule has 2 rings (SSSR count). The van der Waals surface area contributed by atoms with Gasteiger partial charge in [0.15, 0.2) is 0 Å². The quantitative estimate of drug-likeness (QED) is 0.532. The summed E-state index contributed by atoms with van der Waals surface area (Å²) in [5.41, 5.74) is 1.30. The first-order valence-electron chi connectivity index (χ1n) is 7.73. The van der Waals surface area contributed by atoms with E-state index in [0.717, 1.165) is 5.56 Å². The third-order valence-corrected chi connectivity index (χ3v) is 3.40. The van der Waals surface area contributed by atoms with E-state index in [4.69, 9.17) is 0 Å². The fourth-order valence-electron chi connectivity index (χ4n) is 2.24. The van der Waals surface area contributed by atoms with E-state index in [1.165, 1.54) is 18.3 Å². The standard InChI is InChI=1S/C19H19N3O3/c20-12-16(19(25)21-17-7-4-8-18(24)11-17)14-22(9-10-23)13-15-5-2-1-3-6-15/h1-8,11,14,23-24H,9-10,13H2,(H,21,25)/b16-14-. The molecule has 0 aliphatic rings.